The smallest absolute Gasteiger partial charge is 0.136 e. The summed E-state index contributed by atoms with van der Waals surface area (Å²) in [7, 11) is 3.20. The summed E-state index contributed by atoms with van der Waals surface area (Å²) in [5.74, 6) is 1.91. The normalized spacial score (nSPS) is 9.57. The van der Waals surface area contributed by atoms with Gasteiger partial charge in [-0.3, -0.25) is 0 Å². The number of thioether (sulfide) groups is 1. The second-order valence-corrected chi connectivity index (χ2v) is 3.56. The Balaban J connectivity index is 2.87. The second kappa shape index (κ2) is 5.54. The highest BCUT2D eigenvalue weighted by Crippen LogP contribution is 2.31. The van der Waals surface area contributed by atoms with E-state index in [0.717, 1.165) is 22.7 Å². The van der Waals surface area contributed by atoms with Gasteiger partial charge in [0, 0.05) is 6.07 Å². The number of benzene rings is 1. The van der Waals surface area contributed by atoms with E-state index in [1.807, 2.05) is 12.1 Å². The third kappa shape index (κ3) is 2.67. The largest absolute Gasteiger partial charge is 0.497 e. The van der Waals surface area contributed by atoms with Crippen LogP contribution in [-0.2, 0) is 4.79 Å². The Bertz CT molecular complexity index is 312. The SMILES string of the molecule is COc1ccc(SCC=O)c(OC)c1. The Morgan fingerprint density at radius 2 is 2.14 bits per heavy atom. The van der Waals surface area contributed by atoms with E-state index in [2.05, 4.69) is 0 Å². The molecule has 0 saturated heterocycles. The van der Waals surface area contributed by atoms with Crippen molar-refractivity contribution < 1.29 is 14.3 Å². The molecule has 1 rings (SSSR count). The Kier molecular flexibility index (Phi) is 4.32. The zero-order valence-electron chi connectivity index (χ0n) is 8.15. The van der Waals surface area contributed by atoms with Crippen LogP contribution in [0.2, 0.25) is 0 Å². The summed E-state index contributed by atoms with van der Waals surface area (Å²) in [5, 5.41) is 0. The lowest BCUT2D eigenvalue weighted by molar-refractivity contribution is -0.105. The van der Waals surface area contributed by atoms with Gasteiger partial charge in [0.05, 0.1) is 24.9 Å². The topological polar surface area (TPSA) is 35.5 Å². The van der Waals surface area contributed by atoms with E-state index in [4.69, 9.17) is 9.47 Å². The van der Waals surface area contributed by atoms with Crippen LogP contribution >= 0.6 is 11.8 Å². The van der Waals surface area contributed by atoms with Crippen LogP contribution in [0.25, 0.3) is 0 Å². The van der Waals surface area contributed by atoms with Crippen LogP contribution in [0.5, 0.6) is 11.5 Å². The van der Waals surface area contributed by atoms with Gasteiger partial charge in [-0.25, -0.2) is 0 Å². The molecule has 0 radical (unpaired) electrons. The number of hydrogen-bond acceptors (Lipinski definition) is 4. The maximum atomic E-state index is 10.2. The highest BCUT2D eigenvalue weighted by atomic mass is 32.2. The van der Waals surface area contributed by atoms with Crippen LogP contribution in [0.4, 0.5) is 0 Å². The summed E-state index contributed by atoms with van der Waals surface area (Å²) in [6.07, 6.45) is 0.869. The summed E-state index contributed by atoms with van der Waals surface area (Å²) in [4.78, 5) is 11.2. The molecule has 1 aromatic carbocycles. The molecule has 0 fully saturated rings. The number of carbonyl (C=O) groups is 1. The molecule has 0 aliphatic rings. The van der Waals surface area contributed by atoms with Crippen molar-refractivity contribution in [2.24, 2.45) is 0 Å². The summed E-state index contributed by atoms with van der Waals surface area (Å²) in [6.45, 7) is 0. The molecule has 14 heavy (non-hydrogen) atoms. The fourth-order valence-electron chi connectivity index (χ4n) is 1.02. The number of carbonyl (C=O) groups excluding carboxylic acids is 1. The monoisotopic (exact) mass is 212 g/mol. The zero-order valence-corrected chi connectivity index (χ0v) is 8.97. The molecule has 0 aliphatic heterocycles. The minimum Gasteiger partial charge on any atom is -0.497 e. The molecule has 0 bridgehead atoms. The number of hydrogen-bond donors (Lipinski definition) is 0. The van der Waals surface area contributed by atoms with Crippen molar-refractivity contribution in [1.82, 2.24) is 0 Å². The van der Waals surface area contributed by atoms with Gasteiger partial charge in [0.15, 0.2) is 0 Å². The molecule has 0 saturated carbocycles. The Morgan fingerprint density at radius 3 is 2.71 bits per heavy atom. The van der Waals surface area contributed by atoms with Crippen molar-refractivity contribution in [2.75, 3.05) is 20.0 Å². The third-order valence-corrected chi connectivity index (χ3v) is 2.63. The minimum atomic E-state index is 0.433. The molecule has 0 atom stereocenters. The molecule has 0 heterocycles. The first-order valence-electron chi connectivity index (χ1n) is 4.10. The minimum absolute atomic E-state index is 0.433. The van der Waals surface area contributed by atoms with Crippen LogP contribution in [-0.4, -0.2) is 26.3 Å². The van der Waals surface area contributed by atoms with Crippen molar-refractivity contribution >= 4 is 18.0 Å². The first kappa shape index (κ1) is 10.9. The lowest BCUT2D eigenvalue weighted by atomic mass is 10.3. The summed E-state index contributed by atoms with van der Waals surface area (Å²) in [6, 6.07) is 5.52. The van der Waals surface area contributed by atoms with E-state index in [9.17, 15) is 4.79 Å². The van der Waals surface area contributed by atoms with Crippen LogP contribution in [0.15, 0.2) is 23.1 Å². The van der Waals surface area contributed by atoms with Crippen molar-refractivity contribution in [2.45, 2.75) is 4.90 Å². The van der Waals surface area contributed by atoms with Gasteiger partial charge >= 0.3 is 0 Å². The maximum Gasteiger partial charge on any atom is 0.136 e. The van der Waals surface area contributed by atoms with Crippen molar-refractivity contribution in [1.29, 1.82) is 0 Å². The van der Waals surface area contributed by atoms with E-state index < -0.39 is 0 Å². The van der Waals surface area contributed by atoms with Crippen LogP contribution in [0, 0.1) is 0 Å². The molecule has 0 aromatic heterocycles. The Morgan fingerprint density at radius 1 is 1.36 bits per heavy atom. The van der Waals surface area contributed by atoms with Crippen LogP contribution in [0.1, 0.15) is 0 Å². The molecule has 0 amide bonds. The molecular formula is C10H12O3S. The predicted octanol–water partition coefficient (Wildman–Crippen LogP) is 1.99. The third-order valence-electron chi connectivity index (χ3n) is 1.68. The fraction of sp³-hybridized carbons (Fsp3) is 0.300. The van der Waals surface area contributed by atoms with Crippen molar-refractivity contribution in [3.63, 3.8) is 0 Å². The van der Waals surface area contributed by atoms with Crippen LogP contribution < -0.4 is 9.47 Å². The Hall–Kier alpha value is -1.16. The van der Waals surface area contributed by atoms with Gasteiger partial charge in [-0.1, -0.05) is 0 Å². The highest BCUT2D eigenvalue weighted by Gasteiger charge is 2.04. The molecule has 3 nitrogen and oxygen atoms in total. The standard InChI is InChI=1S/C10H12O3S/c1-12-8-3-4-10(14-6-5-11)9(7-8)13-2/h3-5,7H,6H2,1-2H3. The lowest BCUT2D eigenvalue weighted by Gasteiger charge is -2.08. The molecule has 0 aliphatic carbocycles. The quantitative estimate of drug-likeness (QED) is 0.552. The molecule has 0 N–H and O–H groups in total. The zero-order chi connectivity index (χ0) is 10.4. The van der Waals surface area contributed by atoms with Gasteiger partial charge in [-0.05, 0) is 12.1 Å². The fourth-order valence-corrected chi connectivity index (χ4v) is 1.71. The predicted molar refractivity (Wildman–Crippen MR) is 56.3 cm³/mol. The van der Waals surface area contributed by atoms with Gasteiger partial charge < -0.3 is 14.3 Å². The highest BCUT2D eigenvalue weighted by molar-refractivity contribution is 8.00. The second-order valence-electron chi connectivity index (χ2n) is 2.49. The van der Waals surface area contributed by atoms with E-state index >= 15 is 0 Å². The van der Waals surface area contributed by atoms with Crippen LogP contribution in [0.3, 0.4) is 0 Å². The maximum absolute atomic E-state index is 10.2. The van der Waals surface area contributed by atoms with Gasteiger partial charge in [-0.2, -0.15) is 0 Å². The molecular weight excluding hydrogens is 200 g/mol. The van der Waals surface area contributed by atoms with Gasteiger partial charge in [-0.15, -0.1) is 11.8 Å². The van der Waals surface area contributed by atoms with E-state index in [0.29, 0.717) is 5.75 Å². The summed E-state index contributed by atoms with van der Waals surface area (Å²) in [5.41, 5.74) is 0. The average molecular weight is 212 g/mol. The van der Waals surface area contributed by atoms with Crippen molar-refractivity contribution in [3.8, 4) is 11.5 Å². The number of rotatable bonds is 5. The molecule has 1 aromatic rings. The van der Waals surface area contributed by atoms with E-state index in [1.165, 1.54) is 11.8 Å². The number of methoxy groups -OCH3 is 2. The molecule has 4 heteroatoms. The molecule has 76 valence electrons. The lowest BCUT2D eigenvalue weighted by Crippen LogP contribution is -1.90. The molecule has 0 unspecified atom stereocenters. The summed E-state index contributed by atoms with van der Waals surface area (Å²) < 4.78 is 10.2. The Labute approximate surface area is 87.4 Å². The van der Waals surface area contributed by atoms with Crippen molar-refractivity contribution in [3.05, 3.63) is 18.2 Å². The first-order chi connectivity index (χ1) is 6.81. The van der Waals surface area contributed by atoms with Gasteiger partial charge in [0.25, 0.3) is 0 Å². The van der Waals surface area contributed by atoms with E-state index in [1.54, 1.807) is 20.3 Å². The summed E-state index contributed by atoms with van der Waals surface area (Å²) >= 11 is 1.44. The van der Waals surface area contributed by atoms with Gasteiger partial charge in [0.1, 0.15) is 17.8 Å². The van der Waals surface area contributed by atoms with Gasteiger partial charge in [0.2, 0.25) is 0 Å². The first-order valence-corrected chi connectivity index (χ1v) is 5.09. The van der Waals surface area contributed by atoms with E-state index in [-0.39, 0.29) is 0 Å². The number of aldehydes is 1. The molecule has 0 spiro atoms. The number of ether oxygens (including phenoxy) is 2. The average Bonchev–Trinajstić information content (AvgIpc) is 2.26.